The SMILES string of the molecule is CC[C@H]1C[C@H]2Cn3c4c(c5ccc(OC)cc53)CCN[C@@H]1[C@@]4(C(=O)OC)C2. The predicted molar refractivity (Wildman–Crippen MR) is 104 cm³/mol. The molecule has 4 atom stereocenters. The number of carbonyl (C=O) groups is 1. The summed E-state index contributed by atoms with van der Waals surface area (Å²) in [5.41, 5.74) is 3.16. The summed E-state index contributed by atoms with van der Waals surface area (Å²) >= 11 is 0. The maximum absolute atomic E-state index is 13.4. The fraction of sp³-hybridized carbons (Fsp3) is 0.591. The van der Waals surface area contributed by atoms with E-state index in [1.165, 1.54) is 28.6 Å². The van der Waals surface area contributed by atoms with E-state index in [0.717, 1.165) is 38.1 Å². The number of hydrogen-bond donors (Lipinski definition) is 1. The second-order valence-corrected chi connectivity index (χ2v) is 8.44. The van der Waals surface area contributed by atoms with Crippen LogP contribution >= 0.6 is 0 Å². The number of aromatic nitrogens is 1. The molecule has 144 valence electrons. The van der Waals surface area contributed by atoms with E-state index >= 15 is 0 Å². The zero-order valence-electron chi connectivity index (χ0n) is 16.4. The predicted octanol–water partition coefficient (Wildman–Crippen LogP) is 3.02. The molecule has 1 aliphatic carbocycles. The largest absolute Gasteiger partial charge is 0.497 e. The van der Waals surface area contributed by atoms with Crippen LogP contribution < -0.4 is 10.1 Å². The van der Waals surface area contributed by atoms with Crippen molar-refractivity contribution in [2.45, 2.75) is 50.6 Å². The van der Waals surface area contributed by atoms with Gasteiger partial charge >= 0.3 is 5.97 Å². The summed E-state index contributed by atoms with van der Waals surface area (Å²) in [5, 5.41) is 5.03. The maximum Gasteiger partial charge on any atom is 0.319 e. The van der Waals surface area contributed by atoms with E-state index in [2.05, 4.69) is 28.9 Å². The standard InChI is InChI=1S/C22H28N2O3/c1-4-14-9-13-11-22(21(25)27-3)19(14)23-8-7-17-16-6-5-15(26-2)10-18(16)24(12-13)20(17)22/h5-6,10,13-14,19,23H,4,7-9,11-12H2,1-3H3/t13-,14+,19+,22+/m1/s1. The van der Waals surface area contributed by atoms with Crippen molar-refractivity contribution >= 4 is 16.9 Å². The molecule has 1 aromatic heterocycles. The highest BCUT2D eigenvalue weighted by molar-refractivity contribution is 5.93. The van der Waals surface area contributed by atoms with Gasteiger partial charge in [-0.3, -0.25) is 4.79 Å². The molecule has 1 aromatic carbocycles. The molecular weight excluding hydrogens is 340 g/mol. The molecule has 5 heteroatoms. The molecule has 0 radical (unpaired) electrons. The number of hydrogen-bond acceptors (Lipinski definition) is 4. The summed E-state index contributed by atoms with van der Waals surface area (Å²) in [5.74, 6) is 1.82. The van der Waals surface area contributed by atoms with Gasteiger partial charge < -0.3 is 19.4 Å². The van der Waals surface area contributed by atoms with Crippen molar-refractivity contribution in [3.05, 3.63) is 29.5 Å². The van der Waals surface area contributed by atoms with E-state index in [9.17, 15) is 4.79 Å². The molecule has 0 amide bonds. The van der Waals surface area contributed by atoms with Crippen molar-refractivity contribution in [3.8, 4) is 5.75 Å². The molecule has 1 N–H and O–H groups in total. The topological polar surface area (TPSA) is 52.5 Å². The Balaban J connectivity index is 1.86. The number of rotatable bonds is 3. The molecule has 0 saturated heterocycles. The van der Waals surface area contributed by atoms with E-state index < -0.39 is 5.41 Å². The van der Waals surface area contributed by atoms with Crippen molar-refractivity contribution in [1.29, 1.82) is 0 Å². The summed E-state index contributed by atoms with van der Waals surface area (Å²) in [7, 11) is 3.25. The van der Waals surface area contributed by atoms with Crippen molar-refractivity contribution in [2.24, 2.45) is 11.8 Å². The Bertz CT molecular complexity index is 918. The zero-order chi connectivity index (χ0) is 18.8. The number of ether oxygens (including phenoxy) is 2. The normalized spacial score (nSPS) is 31.4. The molecule has 3 aliphatic rings. The van der Waals surface area contributed by atoms with Gasteiger partial charge in [0, 0.05) is 29.7 Å². The van der Waals surface area contributed by atoms with Gasteiger partial charge in [0.15, 0.2) is 0 Å². The van der Waals surface area contributed by atoms with Crippen molar-refractivity contribution < 1.29 is 14.3 Å². The van der Waals surface area contributed by atoms with Crippen LogP contribution in [0.5, 0.6) is 5.75 Å². The van der Waals surface area contributed by atoms with E-state index in [4.69, 9.17) is 9.47 Å². The van der Waals surface area contributed by atoms with Gasteiger partial charge in [0.25, 0.3) is 0 Å². The van der Waals surface area contributed by atoms with Gasteiger partial charge in [0.2, 0.25) is 0 Å². The third-order valence-electron chi connectivity index (χ3n) is 7.30. The van der Waals surface area contributed by atoms with E-state index in [0.29, 0.717) is 11.8 Å². The molecule has 1 saturated carbocycles. The van der Waals surface area contributed by atoms with Gasteiger partial charge in [-0.15, -0.1) is 0 Å². The van der Waals surface area contributed by atoms with Gasteiger partial charge in [-0.1, -0.05) is 13.3 Å². The van der Waals surface area contributed by atoms with Crippen LogP contribution in [0.3, 0.4) is 0 Å². The molecule has 5 rings (SSSR count). The monoisotopic (exact) mass is 368 g/mol. The lowest BCUT2D eigenvalue weighted by Crippen LogP contribution is -2.63. The van der Waals surface area contributed by atoms with E-state index in [-0.39, 0.29) is 12.0 Å². The molecule has 1 fully saturated rings. The Morgan fingerprint density at radius 2 is 2.22 bits per heavy atom. The Hall–Kier alpha value is -2.01. The Morgan fingerprint density at radius 3 is 2.96 bits per heavy atom. The van der Waals surface area contributed by atoms with Crippen LogP contribution in [-0.4, -0.2) is 37.3 Å². The third kappa shape index (κ3) is 2.12. The number of nitrogens with one attached hydrogen (secondary N) is 1. The Labute approximate surface area is 160 Å². The Kier molecular flexibility index (Phi) is 3.80. The Morgan fingerprint density at radius 1 is 1.37 bits per heavy atom. The summed E-state index contributed by atoms with van der Waals surface area (Å²) in [6, 6.07) is 6.49. The number of carbonyl (C=O) groups excluding carboxylic acids is 1. The minimum absolute atomic E-state index is 0.0676. The molecule has 2 aromatic rings. The minimum atomic E-state index is -0.575. The van der Waals surface area contributed by atoms with Crippen LogP contribution in [0.1, 0.15) is 37.4 Å². The average molecular weight is 368 g/mol. The molecule has 0 spiro atoms. The molecule has 0 unspecified atom stereocenters. The summed E-state index contributed by atoms with van der Waals surface area (Å²) in [6.45, 7) is 4.15. The smallest absolute Gasteiger partial charge is 0.319 e. The summed E-state index contributed by atoms with van der Waals surface area (Å²) < 4.78 is 13.4. The summed E-state index contributed by atoms with van der Waals surface area (Å²) in [6.07, 6.45) is 4.11. The van der Waals surface area contributed by atoms with E-state index in [1.807, 2.05) is 6.07 Å². The average Bonchev–Trinajstić information content (AvgIpc) is 2.88. The molecule has 2 bridgehead atoms. The number of esters is 1. The fourth-order valence-electron chi connectivity index (χ4n) is 6.34. The third-order valence-corrected chi connectivity index (χ3v) is 7.30. The minimum Gasteiger partial charge on any atom is -0.497 e. The van der Waals surface area contributed by atoms with Gasteiger partial charge in [0.05, 0.1) is 19.7 Å². The van der Waals surface area contributed by atoms with Gasteiger partial charge in [-0.05, 0) is 55.3 Å². The first-order chi connectivity index (χ1) is 13.1. The molecule has 5 nitrogen and oxygen atoms in total. The summed E-state index contributed by atoms with van der Waals surface area (Å²) in [4.78, 5) is 13.4. The van der Waals surface area contributed by atoms with Crippen LogP contribution in [0.25, 0.3) is 10.9 Å². The lowest BCUT2D eigenvalue weighted by Gasteiger charge is -2.52. The highest BCUT2D eigenvalue weighted by Gasteiger charge is 2.60. The lowest BCUT2D eigenvalue weighted by atomic mass is 9.58. The van der Waals surface area contributed by atoms with Crippen LogP contribution in [0.15, 0.2) is 18.2 Å². The fourth-order valence-corrected chi connectivity index (χ4v) is 6.34. The number of nitrogens with zero attached hydrogens (tertiary/aromatic N) is 1. The molecule has 27 heavy (non-hydrogen) atoms. The first-order valence-corrected chi connectivity index (χ1v) is 10.2. The van der Waals surface area contributed by atoms with Crippen molar-refractivity contribution in [3.63, 3.8) is 0 Å². The molecular formula is C22H28N2O3. The van der Waals surface area contributed by atoms with E-state index in [1.54, 1.807) is 14.2 Å². The van der Waals surface area contributed by atoms with Crippen molar-refractivity contribution in [1.82, 2.24) is 9.88 Å². The zero-order valence-corrected chi connectivity index (χ0v) is 16.4. The highest BCUT2D eigenvalue weighted by Crippen LogP contribution is 2.54. The lowest BCUT2D eigenvalue weighted by molar-refractivity contribution is -0.154. The van der Waals surface area contributed by atoms with Crippen molar-refractivity contribution in [2.75, 3.05) is 20.8 Å². The first kappa shape index (κ1) is 17.1. The number of benzene rings is 1. The number of fused-ring (bicyclic) bond motifs is 4. The second kappa shape index (κ2) is 5.99. The van der Waals surface area contributed by atoms with Gasteiger partial charge in [0.1, 0.15) is 11.2 Å². The molecule has 2 aliphatic heterocycles. The van der Waals surface area contributed by atoms with Crippen LogP contribution in [0.2, 0.25) is 0 Å². The van der Waals surface area contributed by atoms with Crippen LogP contribution in [0, 0.1) is 11.8 Å². The van der Waals surface area contributed by atoms with Crippen LogP contribution in [0.4, 0.5) is 0 Å². The quantitative estimate of drug-likeness (QED) is 0.846. The van der Waals surface area contributed by atoms with Gasteiger partial charge in [-0.2, -0.15) is 0 Å². The second-order valence-electron chi connectivity index (χ2n) is 8.44. The first-order valence-electron chi connectivity index (χ1n) is 10.2. The van der Waals surface area contributed by atoms with Gasteiger partial charge in [-0.25, -0.2) is 0 Å². The highest BCUT2D eigenvalue weighted by atomic mass is 16.5. The molecule has 3 heterocycles. The number of methoxy groups -OCH3 is 2. The maximum atomic E-state index is 13.4. The van der Waals surface area contributed by atoms with Crippen LogP contribution in [-0.2, 0) is 27.9 Å².